The van der Waals surface area contributed by atoms with E-state index in [1.54, 1.807) is 24.3 Å². The molecule has 0 atom stereocenters. The lowest BCUT2D eigenvalue weighted by molar-refractivity contribution is 0.102. The van der Waals surface area contributed by atoms with Crippen LogP contribution in [0.15, 0.2) is 40.9 Å². The van der Waals surface area contributed by atoms with Crippen LogP contribution in [0.3, 0.4) is 0 Å². The van der Waals surface area contributed by atoms with Gasteiger partial charge in [0.15, 0.2) is 5.82 Å². The van der Waals surface area contributed by atoms with Crippen LogP contribution in [-0.2, 0) is 5.41 Å². The fourth-order valence-corrected chi connectivity index (χ4v) is 2.30. The molecule has 2 heterocycles. The molecular formula is C17H17ClN4O2. The molecule has 0 aliphatic heterocycles. The molecule has 1 amide bonds. The Bertz CT molecular complexity index is 877. The van der Waals surface area contributed by atoms with Gasteiger partial charge in [0.1, 0.15) is 11.5 Å². The van der Waals surface area contributed by atoms with Crippen molar-refractivity contribution in [2.45, 2.75) is 26.2 Å². The van der Waals surface area contributed by atoms with Gasteiger partial charge in [-0.1, -0.05) is 49.7 Å². The monoisotopic (exact) mass is 344 g/mol. The van der Waals surface area contributed by atoms with Crippen molar-refractivity contribution in [3.8, 4) is 11.3 Å². The SMILES string of the molecule is CC(C)(C)c1cc(NC(=O)c2cc(-c3cccc(Cl)c3)n[nH]2)no1. The lowest BCUT2D eigenvalue weighted by atomic mass is 9.93. The molecule has 24 heavy (non-hydrogen) atoms. The summed E-state index contributed by atoms with van der Waals surface area (Å²) in [7, 11) is 0. The fourth-order valence-electron chi connectivity index (χ4n) is 2.10. The van der Waals surface area contributed by atoms with Gasteiger partial charge in [0.2, 0.25) is 0 Å². The first-order valence-electron chi connectivity index (χ1n) is 7.43. The minimum absolute atomic E-state index is 0.177. The summed E-state index contributed by atoms with van der Waals surface area (Å²) in [5, 5.41) is 14.0. The van der Waals surface area contributed by atoms with Gasteiger partial charge in [-0.25, -0.2) is 0 Å². The Morgan fingerprint density at radius 3 is 2.71 bits per heavy atom. The van der Waals surface area contributed by atoms with Crippen LogP contribution in [0.1, 0.15) is 37.0 Å². The van der Waals surface area contributed by atoms with Crippen molar-refractivity contribution in [2.24, 2.45) is 0 Å². The van der Waals surface area contributed by atoms with Crippen LogP contribution in [0.25, 0.3) is 11.3 Å². The third kappa shape index (κ3) is 3.49. The van der Waals surface area contributed by atoms with Crippen LogP contribution in [0.4, 0.5) is 5.82 Å². The van der Waals surface area contributed by atoms with E-state index in [1.807, 2.05) is 32.9 Å². The summed E-state index contributed by atoms with van der Waals surface area (Å²) < 4.78 is 5.25. The van der Waals surface area contributed by atoms with E-state index in [1.165, 1.54) is 0 Å². The minimum Gasteiger partial charge on any atom is -0.359 e. The predicted octanol–water partition coefficient (Wildman–Crippen LogP) is 4.27. The Balaban J connectivity index is 1.76. The number of benzene rings is 1. The second-order valence-electron chi connectivity index (χ2n) is 6.46. The van der Waals surface area contributed by atoms with Crippen molar-refractivity contribution in [3.05, 3.63) is 52.9 Å². The summed E-state index contributed by atoms with van der Waals surface area (Å²) in [6, 6.07) is 10.6. The number of anilines is 1. The van der Waals surface area contributed by atoms with E-state index < -0.39 is 0 Å². The molecule has 0 aliphatic carbocycles. The number of carbonyl (C=O) groups is 1. The standard InChI is InChI=1S/C17H17ClN4O2/c1-17(2,3)14-9-15(22-24-14)19-16(23)13-8-12(20-21-13)10-5-4-6-11(18)7-10/h4-9H,1-3H3,(H,20,21)(H,19,22,23). The Hall–Kier alpha value is -2.60. The lowest BCUT2D eigenvalue weighted by Crippen LogP contribution is -2.13. The number of aromatic amines is 1. The van der Waals surface area contributed by atoms with E-state index in [9.17, 15) is 4.79 Å². The van der Waals surface area contributed by atoms with E-state index in [2.05, 4.69) is 20.7 Å². The number of hydrogen-bond acceptors (Lipinski definition) is 4. The maximum atomic E-state index is 12.3. The van der Waals surface area contributed by atoms with Crippen molar-refractivity contribution in [2.75, 3.05) is 5.32 Å². The quantitative estimate of drug-likeness (QED) is 0.743. The number of hydrogen-bond donors (Lipinski definition) is 2. The van der Waals surface area contributed by atoms with Gasteiger partial charge < -0.3 is 9.84 Å². The van der Waals surface area contributed by atoms with Crippen LogP contribution in [0, 0.1) is 0 Å². The van der Waals surface area contributed by atoms with Crippen molar-refractivity contribution in [3.63, 3.8) is 0 Å². The van der Waals surface area contributed by atoms with E-state index in [0.29, 0.717) is 28.0 Å². The minimum atomic E-state index is -0.343. The molecule has 0 radical (unpaired) electrons. The first-order valence-corrected chi connectivity index (χ1v) is 7.80. The van der Waals surface area contributed by atoms with Gasteiger partial charge in [-0.2, -0.15) is 5.10 Å². The summed E-state index contributed by atoms with van der Waals surface area (Å²) in [6.07, 6.45) is 0. The van der Waals surface area contributed by atoms with Gasteiger partial charge in [-0.3, -0.25) is 9.89 Å². The normalized spacial score (nSPS) is 11.5. The molecule has 6 nitrogen and oxygen atoms in total. The number of H-pyrrole nitrogens is 1. The number of carbonyl (C=O) groups excluding carboxylic acids is 1. The van der Waals surface area contributed by atoms with Gasteiger partial charge in [0.25, 0.3) is 5.91 Å². The van der Waals surface area contributed by atoms with Gasteiger partial charge in [0, 0.05) is 22.1 Å². The molecule has 7 heteroatoms. The molecule has 0 spiro atoms. The average Bonchev–Trinajstić information content (AvgIpc) is 3.15. The first kappa shape index (κ1) is 16.3. The van der Waals surface area contributed by atoms with Crippen LogP contribution in [0.2, 0.25) is 5.02 Å². The Morgan fingerprint density at radius 2 is 2.04 bits per heavy atom. The van der Waals surface area contributed by atoms with Crippen LogP contribution in [-0.4, -0.2) is 21.3 Å². The molecule has 0 saturated heterocycles. The third-order valence-electron chi connectivity index (χ3n) is 3.43. The number of halogens is 1. The highest BCUT2D eigenvalue weighted by Gasteiger charge is 2.21. The van der Waals surface area contributed by atoms with E-state index >= 15 is 0 Å². The first-order chi connectivity index (χ1) is 11.3. The smallest absolute Gasteiger partial charge is 0.274 e. The number of aromatic nitrogens is 3. The van der Waals surface area contributed by atoms with E-state index in [0.717, 1.165) is 5.56 Å². The Kier molecular flexibility index (Phi) is 4.15. The lowest BCUT2D eigenvalue weighted by Gasteiger charge is -2.11. The average molecular weight is 345 g/mol. The van der Waals surface area contributed by atoms with Gasteiger partial charge in [-0.05, 0) is 18.2 Å². The fraction of sp³-hybridized carbons (Fsp3) is 0.235. The molecular weight excluding hydrogens is 328 g/mol. The number of amides is 1. The number of nitrogens with zero attached hydrogens (tertiary/aromatic N) is 2. The van der Waals surface area contributed by atoms with Crippen LogP contribution < -0.4 is 5.32 Å². The summed E-state index contributed by atoms with van der Waals surface area (Å²) in [6.45, 7) is 6.02. The largest absolute Gasteiger partial charge is 0.359 e. The molecule has 124 valence electrons. The van der Waals surface area contributed by atoms with Gasteiger partial charge >= 0.3 is 0 Å². The predicted molar refractivity (Wildman–Crippen MR) is 92.2 cm³/mol. The molecule has 0 aliphatic rings. The van der Waals surface area contributed by atoms with Crippen molar-refractivity contribution >= 4 is 23.3 Å². The maximum Gasteiger partial charge on any atom is 0.274 e. The van der Waals surface area contributed by atoms with Crippen LogP contribution in [0.5, 0.6) is 0 Å². The molecule has 1 aromatic carbocycles. The second kappa shape index (κ2) is 6.13. The van der Waals surface area contributed by atoms with Gasteiger partial charge in [-0.15, -0.1) is 0 Å². The van der Waals surface area contributed by atoms with Crippen molar-refractivity contribution in [1.82, 2.24) is 15.4 Å². The summed E-state index contributed by atoms with van der Waals surface area (Å²) in [4.78, 5) is 12.3. The molecule has 3 rings (SSSR count). The number of rotatable bonds is 3. The second-order valence-corrected chi connectivity index (χ2v) is 6.89. The molecule has 0 bridgehead atoms. The van der Waals surface area contributed by atoms with E-state index in [-0.39, 0.29) is 11.3 Å². The zero-order valence-corrected chi connectivity index (χ0v) is 14.3. The summed E-state index contributed by atoms with van der Waals surface area (Å²) in [5.41, 5.74) is 1.61. The number of nitrogens with one attached hydrogen (secondary N) is 2. The highest BCUT2D eigenvalue weighted by molar-refractivity contribution is 6.30. The molecule has 0 saturated carbocycles. The zero-order valence-electron chi connectivity index (χ0n) is 13.6. The van der Waals surface area contributed by atoms with Crippen molar-refractivity contribution in [1.29, 1.82) is 0 Å². The maximum absolute atomic E-state index is 12.3. The van der Waals surface area contributed by atoms with E-state index in [4.69, 9.17) is 16.1 Å². The highest BCUT2D eigenvalue weighted by atomic mass is 35.5. The molecule has 0 fully saturated rings. The molecule has 2 aromatic heterocycles. The summed E-state index contributed by atoms with van der Waals surface area (Å²) in [5.74, 6) is 0.718. The van der Waals surface area contributed by atoms with Gasteiger partial charge in [0.05, 0.1) is 5.69 Å². The Morgan fingerprint density at radius 1 is 1.25 bits per heavy atom. The van der Waals surface area contributed by atoms with Crippen LogP contribution >= 0.6 is 11.6 Å². The molecule has 3 aromatic rings. The topological polar surface area (TPSA) is 83.8 Å². The van der Waals surface area contributed by atoms with Crippen molar-refractivity contribution < 1.29 is 9.32 Å². The third-order valence-corrected chi connectivity index (χ3v) is 3.67. The molecule has 2 N–H and O–H groups in total. The highest BCUT2D eigenvalue weighted by Crippen LogP contribution is 2.25. The summed E-state index contributed by atoms with van der Waals surface area (Å²) >= 11 is 5.97. The molecule has 0 unspecified atom stereocenters. The Labute approximate surface area is 144 Å². The zero-order chi connectivity index (χ0) is 17.3.